The van der Waals surface area contributed by atoms with Crippen molar-refractivity contribution < 1.29 is 19.8 Å². The van der Waals surface area contributed by atoms with Gasteiger partial charge in [-0.2, -0.15) is 0 Å². The van der Waals surface area contributed by atoms with E-state index in [4.69, 9.17) is 5.11 Å². The molecule has 0 saturated carbocycles. The quantitative estimate of drug-likeness (QED) is 0.661. The number of halogens is 1. The number of likely N-dealkylation sites (N-methyl/N-ethyl adjacent to an activating group) is 1. The molecule has 0 aliphatic rings. The molecule has 1 rings (SSSR count). The van der Waals surface area contributed by atoms with E-state index in [1.54, 1.807) is 4.90 Å². The number of benzene rings is 1. The SMILES string of the molecule is CCN(CC(=O)NCC(=O)O)CC(O)c1ccc(C)cc1.Cl. The Labute approximate surface area is 136 Å². The first-order chi connectivity index (χ1) is 9.92. The molecule has 0 spiro atoms. The number of carbonyl (C=O) groups excluding carboxylic acids is 1. The van der Waals surface area contributed by atoms with E-state index in [0.29, 0.717) is 13.1 Å². The van der Waals surface area contributed by atoms with Crippen LogP contribution in [0.1, 0.15) is 24.2 Å². The average Bonchev–Trinajstić information content (AvgIpc) is 2.45. The molecule has 0 radical (unpaired) electrons. The van der Waals surface area contributed by atoms with Gasteiger partial charge in [-0.15, -0.1) is 12.4 Å². The highest BCUT2D eigenvalue weighted by Gasteiger charge is 2.15. The largest absolute Gasteiger partial charge is 0.480 e. The zero-order chi connectivity index (χ0) is 15.8. The van der Waals surface area contributed by atoms with Gasteiger partial charge in [-0.1, -0.05) is 36.8 Å². The second kappa shape index (κ2) is 10.2. The molecular formula is C15H23ClN2O4. The van der Waals surface area contributed by atoms with E-state index in [0.717, 1.165) is 11.1 Å². The molecule has 0 saturated heterocycles. The number of hydrogen-bond acceptors (Lipinski definition) is 4. The number of nitrogens with one attached hydrogen (secondary N) is 1. The molecule has 6 nitrogen and oxygen atoms in total. The average molecular weight is 331 g/mol. The van der Waals surface area contributed by atoms with E-state index in [2.05, 4.69) is 5.32 Å². The van der Waals surface area contributed by atoms with Crippen LogP contribution in [0, 0.1) is 6.92 Å². The van der Waals surface area contributed by atoms with Crippen LogP contribution in [0.2, 0.25) is 0 Å². The van der Waals surface area contributed by atoms with Gasteiger partial charge in [0.25, 0.3) is 0 Å². The van der Waals surface area contributed by atoms with Gasteiger partial charge in [-0.3, -0.25) is 14.5 Å². The number of aliphatic hydroxyl groups is 1. The molecule has 1 amide bonds. The molecule has 1 aromatic rings. The summed E-state index contributed by atoms with van der Waals surface area (Å²) in [6.07, 6.45) is -0.683. The number of nitrogens with zero attached hydrogens (tertiary/aromatic N) is 1. The summed E-state index contributed by atoms with van der Waals surface area (Å²) < 4.78 is 0. The Morgan fingerprint density at radius 1 is 1.27 bits per heavy atom. The van der Waals surface area contributed by atoms with Gasteiger partial charge in [0.15, 0.2) is 0 Å². The summed E-state index contributed by atoms with van der Waals surface area (Å²) in [6.45, 7) is 4.43. The maximum atomic E-state index is 11.6. The molecule has 22 heavy (non-hydrogen) atoms. The van der Waals surface area contributed by atoms with Crippen LogP contribution in [0.25, 0.3) is 0 Å². The number of aliphatic hydroxyl groups excluding tert-OH is 1. The van der Waals surface area contributed by atoms with Gasteiger partial charge in [0.2, 0.25) is 5.91 Å². The summed E-state index contributed by atoms with van der Waals surface area (Å²) in [6, 6.07) is 7.57. The Hall–Kier alpha value is -1.63. The second-order valence-electron chi connectivity index (χ2n) is 4.92. The number of carboxylic acids is 1. The number of carbonyl (C=O) groups is 2. The van der Waals surface area contributed by atoms with Gasteiger partial charge < -0.3 is 15.5 Å². The summed E-state index contributed by atoms with van der Waals surface area (Å²) in [5, 5.41) is 21.0. The number of rotatable bonds is 8. The Morgan fingerprint density at radius 3 is 2.36 bits per heavy atom. The Kier molecular flexibility index (Phi) is 9.40. The van der Waals surface area contributed by atoms with Crippen LogP contribution in [0.4, 0.5) is 0 Å². The van der Waals surface area contributed by atoms with E-state index in [1.807, 2.05) is 38.1 Å². The molecule has 7 heteroatoms. The van der Waals surface area contributed by atoms with Crippen molar-refractivity contribution >= 4 is 24.3 Å². The predicted octanol–water partition coefficient (Wildman–Crippen LogP) is 0.973. The Bertz CT molecular complexity index is 479. The van der Waals surface area contributed by atoms with Gasteiger partial charge in [-0.05, 0) is 19.0 Å². The molecule has 1 atom stereocenters. The molecule has 0 bridgehead atoms. The smallest absolute Gasteiger partial charge is 0.322 e. The molecule has 0 fully saturated rings. The van der Waals surface area contributed by atoms with Gasteiger partial charge in [0.1, 0.15) is 6.54 Å². The van der Waals surface area contributed by atoms with Gasteiger partial charge in [0, 0.05) is 6.54 Å². The molecule has 0 aliphatic heterocycles. The maximum Gasteiger partial charge on any atom is 0.322 e. The van der Waals surface area contributed by atoms with Gasteiger partial charge >= 0.3 is 5.97 Å². The predicted molar refractivity (Wildman–Crippen MR) is 86.1 cm³/mol. The van der Waals surface area contributed by atoms with E-state index in [9.17, 15) is 14.7 Å². The van der Waals surface area contributed by atoms with Crippen LogP contribution in [-0.2, 0) is 9.59 Å². The number of amides is 1. The summed E-state index contributed by atoms with van der Waals surface area (Å²) in [7, 11) is 0. The van der Waals surface area contributed by atoms with E-state index in [-0.39, 0.29) is 24.9 Å². The lowest BCUT2D eigenvalue weighted by atomic mass is 10.1. The highest BCUT2D eigenvalue weighted by Crippen LogP contribution is 2.14. The van der Waals surface area contributed by atoms with E-state index in [1.165, 1.54) is 0 Å². The van der Waals surface area contributed by atoms with Crippen LogP contribution >= 0.6 is 12.4 Å². The lowest BCUT2D eigenvalue weighted by Crippen LogP contribution is -2.40. The summed E-state index contributed by atoms with van der Waals surface area (Å²) in [5.74, 6) is -1.44. The van der Waals surface area contributed by atoms with E-state index < -0.39 is 18.6 Å². The number of aryl methyl sites for hydroxylation is 1. The molecule has 1 aromatic carbocycles. The zero-order valence-electron chi connectivity index (χ0n) is 12.8. The molecule has 124 valence electrons. The van der Waals surface area contributed by atoms with Crippen molar-refractivity contribution in [3.63, 3.8) is 0 Å². The maximum absolute atomic E-state index is 11.6. The first-order valence-electron chi connectivity index (χ1n) is 6.87. The summed E-state index contributed by atoms with van der Waals surface area (Å²) in [4.78, 5) is 23.7. The van der Waals surface area contributed by atoms with Crippen molar-refractivity contribution in [1.82, 2.24) is 10.2 Å². The van der Waals surface area contributed by atoms with E-state index >= 15 is 0 Å². The van der Waals surface area contributed by atoms with Crippen molar-refractivity contribution in [3.05, 3.63) is 35.4 Å². The van der Waals surface area contributed by atoms with Crippen LogP contribution in [0.15, 0.2) is 24.3 Å². The lowest BCUT2D eigenvalue weighted by Gasteiger charge is -2.23. The Balaban J connectivity index is 0.00000441. The first kappa shape index (κ1) is 20.4. The van der Waals surface area contributed by atoms with Gasteiger partial charge in [-0.25, -0.2) is 0 Å². The highest BCUT2D eigenvalue weighted by atomic mass is 35.5. The minimum Gasteiger partial charge on any atom is -0.480 e. The number of hydrogen-bond donors (Lipinski definition) is 3. The Morgan fingerprint density at radius 2 is 1.86 bits per heavy atom. The molecule has 1 unspecified atom stereocenters. The fourth-order valence-electron chi connectivity index (χ4n) is 1.88. The van der Waals surface area contributed by atoms with Gasteiger partial charge in [0.05, 0.1) is 12.6 Å². The summed E-state index contributed by atoms with van der Waals surface area (Å²) in [5.41, 5.74) is 1.91. The number of aliphatic carboxylic acids is 1. The van der Waals surface area contributed by atoms with Crippen LogP contribution < -0.4 is 5.32 Å². The number of carboxylic acid groups (broad SMARTS) is 1. The third kappa shape index (κ3) is 7.40. The lowest BCUT2D eigenvalue weighted by molar-refractivity contribution is -0.138. The molecule has 3 N–H and O–H groups in total. The molecule has 0 aromatic heterocycles. The third-order valence-corrected chi connectivity index (χ3v) is 3.14. The fraction of sp³-hybridized carbons (Fsp3) is 0.467. The van der Waals surface area contributed by atoms with Crippen LogP contribution in [0.5, 0.6) is 0 Å². The molecule has 0 heterocycles. The second-order valence-corrected chi connectivity index (χ2v) is 4.92. The third-order valence-electron chi connectivity index (χ3n) is 3.14. The molecule has 0 aliphatic carbocycles. The highest BCUT2D eigenvalue weighted by molar-refractivity contribution is 5.85. The first-order valence-corrected chi connectivity index (χ1v) is 6.87. The normalized spacial score (nSPS) is 11.6. The van der Waals surface area contributed by atoms with Crippen molar-refractivity contribution in [3.8, 4) is 0 Å². The zero-order valence-corrected chi connectivity index (χ0v) is 13.6. The minimum absolute atomic E-state index is 0. The summed E-state index contributed by atoms with van der Waals surface area (Å²) >= 11 is 0. The van der Waals surface area contributed by atoms with Crippen molar-refractivity contribution in [1.29, 1.82) is 0 Å². The van der Waals surface area contributed by atoms with Crippen molar-refractivity contribution in [2.75, 3.05) is 26.2 Å². The minimum atomic E-state index is -1.08. The molecular weight excluding hydrogens is 308 g/mol. The topological polar surface area (TPSA) is 89.9 Å². The van der Waals surface area contributed by atoms with Crippen molar-refractivity contribution in [2.45, 2.75) is 20.0 Å². The monoisotopic (exact) mass is 330 g/mol. The standard InChI is InChI=1S/C15H22N2O4.ClH/c1-3-17(10-14(19)16-8-15(20)21)9-13(18)12-6-4-11(2)5-7-12;/h4-7,13,18H,3,8-10H2,1-2H3,(H,16,19)(H,20,21);1H. The van der Waals surface area contributed by atoms with Crippen LogP contribution in [0.3, 0.4) is 0 Å². The fourth-order valence-corrected chi connectivity index (χ4v) is 1.88. The van der Waals surface area contributed by atoms with Crippen LogP contribution in [-0.4, -0.2) is 53.2 Å². The van der Waals surface area contributed by atoms with Crippen molar-refractivity contribution in [2.24, 2.45) is 0 Å².